The van der Waals surface area contributed by atoms with Gasteiger partial charge in [0.25, 0.3) is 0 Å². The first-order valence-corrected chi connectivity index (χ1v) is 17.7. The first kappa shape index (κ1) is 33.5. The lowest BCUT2D eigenvalue weighted by molar-refractivity contribution is -0.137. The summed E-state index contributed by atoms with van der Waals surface area (Å²) in [5, 5.41) is 18.8. The van der Waals surface area contributed by atoms with Gasteiger partial charge in [-0.05, 0) is 134 Å². The van der Waals surface area contributed by atoms with Crippen LogP contribution >= 0.6 is 0 Å². The summed E-state index contributed by atoms with van der Waals surface area (Å²) in [4.78, 5) is 25.4. The van der Waals surface area contributed by atoms with Crippen LogP contribution in [0.2, 0.25) is 0 Å². The zero-order valence-corrected chi connectivity index (χ0v) is 27.8. The number of carboxylic acid groups (broad SMARTS) is 2. The van der Waals surface area contributed by atoms with E-state index in [0.29, 0.717) is 12.0 Å². The normalized spacial score (nSPS) is 17.0. The number of aliphatic carboxylic acids is 1. The van der Waals surface area contributed by atoms with Gasteiger partial charge in [-0.15, -0.1) is 0 Å². The van der Waals surface area contributed by atoms with Gasteiger partial charge in [-0.1, -0.05) is 72.8 Å². The van der Waals surface area contributed by atoms with Crippen LogP contribution in [0.3, 0.4) is 0 Å². The molecule has 6 nitrogen and oxygen atoms in total. The molecule has 48 heavy (non-hydrogen) atoms. The van der Waals surface area contributed by atoms with E-state index in [0.717, 1.165) is 88.6 Å². The molecule has 0 radical (unpaired) electrons. The highest BCUT2D eigenvalue weighted by Gasteiger charge is 2.27. The summed E-state index contributed by atoms with van der Waals surface area (Å²) in [7, 11) is 0. The van der Waals surface area contributed by atoms with Crippen LogP contribution in [0.15, 0.2) is 91.0 Å². The molecule has 0 spiro atoms. The maximum Gasteiger partial charge on any atom is 0.335 e. The van der Waals surface area contributed by atoms with Gasteiger partial charge < -0.3 is 14.9 Å². The Morgan fingerprint density at radius 1 is 0.708 bits per heavy atom. The van der Waals surface area contributed by atoms with Crippen LogP contribution in [0.4, 0.5) is 0 Å². The van der Waals surface area contributed by atoms with Gasteiger partial charge >= 0.3 is 11.9 Å². The topological polar surface area (TPSA) is 87.1 Å². The standard InChI is InChI=1S/C42H47NO5/c44-41(45)18-6-7-26-43(38-15-8-13-34-29-35(42(46)47)22-24-36(34)38)27-25-32-12-4-5-16-39(32)48-40-17-9-14-33-28-31(21-23-37(33)40)20-19-30-10-2-1-3-11-30/h1-5,10-12,16,21-24,28-29,38,40H,6-9,13-15,17-20,25-27H2,(H,44,45)(H,46,47). The maximum atomic E-state index is 11.7. The zero-order valence-electron chi connectivity index (χ0n) is 27.8. The summed E-state index contributed by atoms with van der Waals surface area (Å²) >= 11 is 0. The highest BCUT2D eigenvalue weighted by molar-refractivity contribution is 5.88. The molecule has 0 saturated heterocycles. The Morgan fingerprint density at radius 2 is 1.44 bits per heavy atom. The Hall–Kier alpha value is -4.42. The molecule has 0 heterocycles. The molecule has 0 aliphatic heterocycles. The number of carbonyl (C=O) groups is 2. The molecule has 2 unspecified atom stereocenters. The minimum atomic E-state index is -0.897. The minimum Gasteiger partial charge on any atom is -0.485 e. The van der Waals surface area contributed by atoms with E-state index < -0.39 is 11.9 Å². The molecule has 2 N–H and O–H groups in total. The van der Waals surface area contributed by atoms with Crippen molar-refractivity contribution in [3.8, 4) is 5.75 Å². The maximum absolute atomic E-state index is 11.7. The Balaban J connectivity index is 1.16. The molecule has 0 amide bonds. The predicted molar refractivity (Wildman–Crippen MR) is 189 cm³/mol. The fourth-order valence-corrected chi connectivity index (χ4v) is 7.59. The number of benzene rings is 4. The van der Waals surface area contributed by atoms with Gasteiger partial charge in [0.1, 0.15) is 11.9 Å². The summed E-state index contributed by atoms with van der Waals surface area (Å²) in [6, 6.07) is 31.8. The van der Waals surface area contributed by atoms with Gasteiger partial charge in [0.05, 0.1) is 5.56 Å². The molecule has 2 aliphatic carbocycles. The largest absolute Gasteiger partial charge is 0.485 e. The van der Waals surface area contributed by atoms with Crippen molar-refractivity contribution in [1.82, 2.24) is 4.90 Å². The number of para-hydroxylation sites is 1. The van der Waals surface area contributed by atoms with Crippen molar-refractivity contribution in [1.29, 1.82) is 0 Å². The Kier molecular flexibility index (Phi) is 11.2. The van der Waals surface area contributed by atoms with Gasteiger partial charge in [0.15, 0.2) is 0 Å². The van der Waals surface area contributed by atoms with E-state index in [2.05, 4.69) is 77.7 Å². The summed E-state index contributed by atoms with van der Waals surface area (Å²) in [6.07, 6.45) is 10.6. The smallest absolute Gasteiger partial charge is 0.335 e. The molecular formula is C42H47NO5. The van der Waals surface area contributed by atoms with Crippen LogP contribution in [-0.4, -0.2) is 40.1 Å². The summed E-state index contributed by atoms with van der Waals surface area (Å²) < 4.78 is 6.84. The molecule has 6 heteroatoms. The number of carboxylic acids is 2. The first-order chi connectivity index (χ1) is 23.4. The highest BCUT2D eigenvalue weighted by atomic mass is 16.5. The second-order valence-corrected chi connectivity index (χ2v) is 13.4. The molecule has 4 aromatic carbocycles. The SMILES string of the molecule is O=C(O)CCCCN(CCc1ccccc1OC1CCCc2cc(CCc3ccccc3)ccc21)C1CCCc2cc(C(=O)O)ccc21. The number of hydrogen-bond acceptors (Lipinski definition) is 4. The lowest BCUT2D eigenvalue weighted by Crippen LogP contribution is -2.34. The highest BCUT2D eigenvalue weighted by Crippen LogP contribution is 2.38. The second kappa shape index (κ2) is 16.1. The van der Waals surface area contributed by atoms with Crippen LogP contribution in [-0.2, 0) is 36.9 Å². The summed E-state index contributed by atoms with van der Waals surface area (Å²) in [6.45, 7) is 1.61. The fraction of sp³-hybridized carbons (Fsp3) is 0.381. The van der Waals surface area contributed by atoms with Crippen molar-refractivity contribution in [2.24, 2.45) is 0 Å². The van der Waals surface area contributed by atoms with Gasteiger partial charge in [-0.2, -0.15) is 0 Å². The molecule has 2 atom stereocenters. The van der Waals surface area contributed by atoms with Gasteiger partial charge in [0, 0.05) is 19.0 Å². The van der Waals surface area contributed by atoms with Crippen molar-refractivity contribution in [2.45, 2.75) is 89.2 Å². The van der Waals surface area contributed by atoms with Crippen LogP contribution in [0.5, 0.6) is 5.75 Å². The van der Waals surface area contributed by atoms with Gasteiger partial charge in [-0.25, -0.2) is 4.79 Å². The minimum absolute atomic E-state index is 0.0267. The molecule has 2 aliphatic rings. The predicted octanol–water partition coefficient (Wildman–Crippen LogP) is 8.80. The average Bonchev–Trinajstić information content (AvgIpc) is 3.11. The number of fused-ring (bicyclic) bond motifs is 2. The van der Waals surface area contributed by atoms with Gasteiger partial charge in [-0.3, -0.25) is 9.69 Å². The number of nitrogens with zero attached hydrogens (tertiary/aromatic N) is 1. The molecule has 0 fully saturated rings. The molecule has 4 aromatic rings. The monoisotopic (exact) mass is 645 g/mol. The first-order valence-electron chi connectivity index (χ1n) is 17.7. The van der Waals surface area contributed by atoms with E-state index in [4.69, 9.17) is 4.74 Å². The number of aromatic carboxylic acids is 1. The molecule has 250 valence electrons. The lowest BCUT2D eigenvalue weighted by Gasteiger charge is -2.36. The summed E-state index contributed by atoms with van der Waals surface area (Å²) in [5.41, 5.74) is 9.29. The fourth-order valence-electron chi connectivity index (χ4n) is 7.59. The van der Waals surface area contributed by atoms with E-state index in [-0.39, 0.29) is 18.6 Å². The number of ether oxygens (including phenoxy) is 1. The number of unbranched alkanes of at least 4 members (excludes halogenated alkanes) is 1. The van der Waals surface area contributed by atoms with E-state index in [9.17, 15) is 19.8 Å². The van der Waals surface area contributed by atoms with Crippen molar-refractivity contribution in [2.75, 3.05) is 13.1 Å². The number of aryl methyl sites for hydroxylation is 4. The average molecular weight is 646 g/mol. The van der Waals surface area contributed by atoms with Crippen LogP contribution in [0.1, 0.15) is 106 Å². The molecular weight excluding hydrogens is 598 g/mol. The third-order valence-corrected chi connectivity index (χ3v) is 10.1. The molecule has 0 bridgehead atoms. The van der Waals surface area contributed by atoms with Crippen molar-refractivity contribution < 1.29 is 24.5 Å². The van der Waals surface area contributed by atoms with Crippen molar-refractivity contribution in [3.05, 3.63) is 136 Å². The van der Waals surface area contributed by atoms with E-state index in [1.165, 1.54) is 33.4 Å². The van der Waals surface area contributed by atoms with Gasteiger partial charge in [0.2, 0.25) is 0 Å². The van der Waals surface area contributed by atoms with E-state index in [1.807, 2.05) is 12.1 Å². The Labute approximate surface area is 284 Å². The number of rotatable bonds is 15. The Bertz CT molecular complexity index is 1700. The lowest BCUT2D eigenvalue weighted by atomic mass is 9.85. The van der Waals surface area contributed by atoms with Crippen molar-refractivity contribution in [3.63, 3.8) is 0 Å². The second-order valence-electron chi connectivity index (χ2n) is 13.4. The zero-order chi connectivity index (χ0) is 33.3. The number of hydrogen-bond donors (Lipinski definition) is 2. The van der Waals surface area contributed by atoms with E-state index in [1.54, 1.807) is 6.07 Å². The molecule has 0 aromatic heterocycles. The van der Waals surface area contributed by atoms with Crippen LogP contribution in [0, 0.1) is 0 Å². The van der Waals surface area contributed by atoms with E-state index >= 15 is 0 Å². The molecule has 6 rings (SSSR count). The van der Waals surface area contributed by atoms with Crippen molar-refractivity contribution >= 4 is 11.9 Å². The summed E-state index contributed by atoms with van der Waals surface area (Å²) in [5.74, 6) is -0.722. The van der Waals surface area contributed by atoms with Crippen LogP contribution < -0.4 is 4.74 Å². The Morgan fingerprint density at radius 3 is 2.25 bits per heavy atom. The third kappa shape index (κ3) is 8.53. The quantitative estimate of drug-likeness (QED) is 0.126. The molecule has 0 saturated carbocycles. The third-order valence-electron chi connectivity index (χ3n) is 10.1. The van der Waals surface area contributed by atoms with Crippen LogP contribution in [0.25, 0.3) is 0 Å².